The Morgan fingerprint density at radius 2 is 2.00 bits per heavy atom. The largest absolute Gasteiger partial charge is 0.370 e. The SMILES string of the molecule is CCCNc1c(CSC(C)(C)C)c(C)nn1C. The number of rotatable bonds is 5. The first-order valence-electron chi connectivity index (χ1n) is 6.25. The maximum Gasteiger partial charge on any atom is 0.128 e. The third kappa shape index (κ3) is 4.26. The van der Waals surface area contributed by atoms with Crippen molar-refractivity contribution in [3.8, 4) is 0 Å². The molecule has 0 fully saturated rings. The highest BCUT2D eigenvalue weighted by Crippen LogP contribution is 2.31. The van der Waals surface area contributed by atoms with Crippen molar-refractivity contribution in [3.05, 3.63) is 11.3 Å². The van der Waals surface area contributed by atoms with Gasteiger partial charge < -0.3 is 5.32 Å². The van der Waals surface area contributed by atoms with Gasteiger partial charge in [0.15, 0.2) is 0 Å². The van der Waals surface area contributed by atoms with Gasteiger partial charge in [-0.15, -0.1) is 0 Å². The molecule has 0 amide bonds. The summed E-state index contributed by atoms with van der Waals surface area (Å²) in [5, 5.41) is 7.98. The molecule has 0 saturated heterocycles. The Balaban J connectivity index is 2.81. The molecule has 1 N–H and O–H groups in total. The molecule has 0 bridgehead atoms. The molecule has 0 aromatic carbocycles. The lowest BCUT2D eigenvalue weighted by molar-refractivity contribution is 0.756. The molecule has 0 spiro atoms. The number of hydrogen-bond donors (Lipinski definition) is 1. The molecule has 17 heavy (non-hydrogen) atoms. The predicted molar refractivity (Wildman–Crippen MR) is 77.8 cm³/mol. The van der Waals surface area contributed by atoms with E-state index in [9.17, 15) is 0 Å². The lowest BCUT2D eigenvalue weighted by Crippen LogP contribution is -2.10. The van der Waals surface area contributed by atoms with Crippen LogP contribution in [0.25, 0.3) is 0 Å². The fraction of sp³-hybridized carbons (Fsp3) is 0.769. The van der Waals surface area contributed by atoms with Crippen LogP contribution in [0.2, 0.25) is 0 Å². The molecule has 1 aromatic rings. The fourth-order valence-electron chi connectivity index (χ4n) is 1.63. The third-order valence-corrected chi connectivity index (χ3v) is 3.84. The molecule has 0 radical (unpaired) electrons. The minimum Gasteiger partial charge on any atom is -0.370 e. The van der Waals surface area contributed by atoms with Gasteiger partial charge in [0.25, 0.3) is 0 Å². The minimum absolute atomic E-state index is 0.296. The van der Waals surface area contributed by atoms with Crippen LogP contribution in [-0.2, 0) is 12.8 Å². The zero-order chi connectivity index (χ0) is 13.1. The molecule has 0 atom stereocenters. The molecular formula is C13H25N3S. The summed E-state index contributed by atoms with van der Waals surface area (Å²) in [7, 11) is 2.01. The maximum absolute atomic E-state index is 4.51. The third-order valence-electron chi connectivity index (χ3n) is 2.54. The molecule has 98 valence electrons. The van der Waals surface area contributed by atoms with Gasteiger partial charge in [-0.3, -0.25) is 4.68 Å². The van der Waals surface area contributed by atoms with Crippen molar-refractivity contribution >= 4 is 17.6 Å². The van der Waals surface area contributed by atoms with Crippen LogP contribution in [0, 0.1) is 6.92 Å². The Morgan fingerprint density at radius 1 is 1.35 bits per heavy atom. The molecule has 0 aliphatic rings. The molecule has 1 aromatic heterocycles. The maximum atomic E-state index is 4.51. The highest BCUT2D eigenvalue weighted by Gasteiger charge is 2.17. The summed E-state index contributed by atoms with van der Waals surface area (Å²) in [6, 6.07) is 0. The van der Waals surface area contributed by atoms with E-state index in [1.807, 2.05) is 23.5 Å². The smallest absolute Gasteiger partial charge is 0.128 e. The fourth-order valence-corrected chi connectivity index (χ4v) is 2.55. The number of nitrogens with one attached hydrogen (secondary N) is 1. The standard InChI is InChI=1S/C13H25N3S/c1-7-8-14-12-11(9-17-13(3,4)5)10(2)15-16(12)6/h14H,7-9H2,1-6H3. The predicted octanol–water partition coefficient (Wildman–Crippen LogP) is 3.58. The highest BCUT2D eigenvalue weighted by molar-refractivity contribution is 7.99. The van der Waals surface area contributed by atoms with Crippen LogP contribution in [0.5, 0.6) is 0 Å². The van der Waals surface area contributed by atoms with Crippen molar-refractivity contribution in [2.45, 2.75) is 51.5 Å². The second kappa shape index (κ2) is 5.80. The summed E-state index contributed by atoms with van der Waals surface area (Å²) >= 11 is 1.97. The van der Waals surface area contributed by atoms with Gasteiger partial charge in [-0.25, -0.2) is 0 Å². The van der Waals surface area contributed by atoms with Crippen molar-refractivity contribution in [2.75, 3.05) is 11.9 Å². The van der Waals surface area contributed by atoms with Gasteiger partial charge in [-0.1, -0.05) is 27.7 Å². The van der Waals surface area contributed by atoms with Crippen LogP contribution in [0.4, 0.5) is 5.82 Å². The number of hydrogen-bond acceptors (Lipinski definition) is 3. The van der Waals surface area contributed by atoms with E-state index in [1.165, 1.54) is 11.4 Å². The Morgan fingerprint density at radius 3 is 2.53 bits per heavy atom. The van der Waals surface area contributed by atoms with Gasteiger partial charge in [0, 0.05) is 29.7 Å². The van der Waals surface area contributed by atoms with E-state index in [0.717, 1.165) is 24.4 Å². The number of aromatic nitrogens is 2. The number of aryl methyl sites for hydroxylation is 2. The second-order valence-corrected chi connectivity index (χ2v) is 7.17. The second-order valence-electron chi connectivity index (χ2n) is 5.36. The normalized spacial score (nSPS) is 11.9. The van der Waals surface area contributed by atoms with E-state index in [1.54, 1.807) is 0 Å². The summed E-state index contributed by atoms with van der Waals surface area (Å²) in [6.07, 6.45) is 1.14. The van der Waals surface area contributed by atoms with Gasteiger partial charge in [-0.05, 0) is 13.3 Å². The van der Waals surface area contributed by atoms with Gasteiger partial charge >= 0.3 is 0 Å². The van der Waals surface area contributed by atoms with Crippen molar-refractivity contribution in [2.24, 2.45) is 7.05 Å². The van der Waals surface area contributed by atoms with E-state index < -0.39 is 0 Å². The Labute approximate surface area is 109 Å². The van der Waals surface area contributed by atoms with Gasteiger partial charge in [0.1, 0.15) is 5.82 Å². The van der Waals surface area contributed by atoms with E-state index >= 15 is 0 Å². The Hall–Kier alpha value is -0.640. The molecular weight excluding hydrogens is 230 g/mol. The van der Waals surface area contributed by atoms with Gasteiger partial charge in [0.05, 0.1) is 5.69 Å². The monoisotopic (exact) mass is 255 g/mol. The summed E-state index contributed by atoms with van der Waals surface area (Å²) in [6.45, 7) is 12.0. The van der Waals surface area contributed by atoms with Crippen molar-refractivity contribution in [3.63, 3.8) is 0 Å². The summed E-state index contributed by atoms with van der Waals surface area (Å²) in [5.41, 5.74) is 2.49. The van der Waals surface area contributed by atoms with Crippen molar-refractivity contribution < 1.29 is 0 Å². The minimum atomic E-state index is 0.296. The molecule has 0 aliphatic heterocycles. The average Bonchev–Trinajstić information content (AvgIpc) is 2.46. The van der Waals surface area contributed by atoms with Gasteiger partial charge in [-0.2, -0.15) is 16.9 Å². The first kappa shape index (κ1) is 14.4. The first-order chi connectivity index (χ1) is 7.85. The van der Waals surface area contributed by atoms with E-state index in [2.05, 4.69) is 45.0 Å². The van der Waals surface area contributed by atoms with Crippen molar-refractivity contribution in [1.82, 2.24) is 9.78 Å². The summed E-state index contributed by atoms with van der Waals surface area (Å²) in [5.74, 6) is 2.20. The van der Waals surface area contributed by atoms with Crippen LogP contribution in [-0.4, -0.2) is 21.1 Å². The highest BCUT2D eigenvalue weighted by atomic mass is 32.2. The molecule has 3 nitrogen and oxygen atoms in total. The molecule has 4 heteroatoms. The zero-order valence-corrected chi connectivity index (χ0v) is 12.7. The number of nitrogens with zero attached hydrogens (tertiary/aromatic N) is 2. The van der Waals surface area contributed by atoms with Crippen LogP contribution in [0.15, 0.2) is 0 Å². The average molecular weight is 255 g/mol. The molecule has 1 rings (SSSR count). The van der Waals surface area contributed by atoms with Crippen LogP contribution >= 0.6 is 11.8 Å². The quantitative estimate of drug-likeness (QED) is 0.872. The topological polar surface area (TPSA) is 29.9 Å². The van der Waals surface area contributed by atoms with E-state index in [-0.39, 0.29) is 0 Å². The summed E-state index contributed by atoms with van der Waals surface area (Å²) < 4.78 is 2.26. The zero-order valence-electron chi connectivity index (χ0n) is 11.9. The van der Waals surface area contributed by atoms with E-state index in [4.69, 9.17) is 0 Å². The van der Waals surface area contributed by atoms with Crippen LogP contribution in [0.3, 0.4) is 0 Å². The molecule has 0 unspecified atom stereocenters. The van der Waals surface area contributed by atoms with E-state index in [0.29, 0.717) is 4.75 Å². The van der Waals surface area contributed by atoms with Crippen molar-refractivity contribution in [1.29, 1.82) is 0 Å². The molecule has 0 saturated carbocycles. The lowest BCUT2D eigenvalue weighted by Gasteiger charge is -2.18. The van der Waals surface area contributed by atoms with Crippen LogP contribution in [0.1, 0.15) is 45.4 Å². The Bertz CT molecular complexity index is 363. The molecule has 0 aliphatic carbocycles. The van der Waals surface area contributed by atoms with Gasteiger partial charge in [0.2, 0.25) is 0 Å². The lowest BCUT2D eigenvalue weighted by atomic mass is 10.2. The Kier molecular flexibility index (Phi) is 4.92. The molecule has 1 heterocycles. The summed E-state index contributed by atoms with van der Waals surface area (Å²) in [4.78, 5) is 0. The number of anilines is 1. The number of thioether (sulfide) groups is 1. The first-order valence-corrected chi connectivity index (χ1v) is 7.24. The van der Waals surface area contributed by atoms with Crippen LogP contribution < -0.4 is 5.32 Å².